The average Bonchev–Trinajstić information content (AvgIpc) is 2.69. The highest BCUT2D eigenvalue weighted by atomic mass is 35.5. The van der Waals surface area contributed by atoms with Crippen LogP contribution in [0.5, 0.6) is 5.75 Å². The standard InChI is InChI=1S/C23H22Cl2N2O2/c1-15-3-7-18(8-4-15)26-13-17-6-10-22(21(25)11-17)29-14-23(28)27-19-9-5-16(2)20(24)12-19/h3-12,26H,13-14H2,1-2H3,(H,27,28). The van der Waals surface area contributed by atoms with Gasteiger partial charge >= 0.3 is 0 Å². The number of amides is 1. The van der Waals surface area contributed by atoms with E-state index in [-0.39, 0.29) is 12.5 Å². The normalized spacial score (nSPS) is 10.5. The summed E-state index contributed by atoms with van der Waals surface area (Å²) in [5.41, 5.74) is 4.85. The average molecular weight is 429 g/mol. The fourth-order valence-electron chi connectivity index (χ4n) is 2.66. The molecule has 0 aromatic heterocycles. The van der Waals surface area contributed by atoms with Crippen LogP contribution in [0.3, 0.4) is 0 Å². The Hall–Kier alpha value is -2.69. The first kappa shape index (κ1) is 21.0. The monoisotopic (exact) mass is 428 g/mol. The third-order valence-electron chi connectivity index (χ3n) is 4.36. The number of halogens is 2. The van der Waals surface area contributed by atoms with Crippen LogP contribution in [-0.4, -0.2) is 12.5 Å². The molecule has 4 nitrogen and oxygen atoms in total. The minimum Gasteiger partial charge on any atom is -0.482 e. The highest BCUT2D eigenvalue weighted by molar-refractivity contribution is 6.32. The lowest BCUT2D eigenvalue weighted by Crippen LogP contribution is -2.20. The van der Waals surface area contributed by atoms with Gasteiger partial charge in [-0.25, -0.2) is 0 Å². The Bertz CT molecular complexity index is 1000. The third-order valence-corrected chi connectivity index (χ3v) is 5.06. The first-order valence-electron chi connectivity index (χ1n) is 9.18. The summed E-state index contributed by atoms with van der Waals surface area (Å²) in [6.07, 6.45) is 0. The van der Waals surface area contributed by atoms with Gasteiger partial charge in [0.25, 0.3) is 5.91 Å². The second-order valence-corrected chi connectivity index (χ2v) is 7.60. The predicted molar refractivity (Wildman–Crippen MR) is 120 cm³/mol. The highest BCUT2D eigenvalue weighted by Gasteiger charge is 2.08. The van der Waals surface area contributed by atoms with E-state index < -0.39 is 0 Å². The number of hydrogen-bond donors (Lipinski definition) is 2. The maximum absolute atomic E-state index is 12.1. The van der Waals surface area contributed by atoms with Gasteiger partial charge < -0.3 is 15.4 Å². The Balaban J connectivity index is 1.52. The fraction of sp³-hybridized carbons (Fsp3) is 0.174. The Morgan fingerprint density at radius 3 is 2.31 bits per heavy atom. The minimum atomic E-state index is -0.286. The van der Waals surface area contributed by atoms with Crippen LogP contribution >= 0.6 is 23.2 Å². The van der Waals surface area contributed by atoms with Crippen LogP contribution in [0, 0.1) is 13.8 Å². The SMILES string of the molecule is Cc1ccc(NCc2ccc(OCC(=O)Nc3ccc(C)c(Cl)c3)c(Cl)c2)cc1. The molecule has 0 aliphatic heterocycles. The van der Waals surface area contributed by atoms with Crippen molar-refractivity contribution in [2.45, 2.75) is 20.4 Å². The van der Waals surface area contributed by atoms with E-state index in [4.69, 9.17) is 27.9 Å². The van der Waals surface area contributed by atoms with Crippen molar-refractivity contribution in [1.82, 2.24) is 0 Å². The molecule has 3 rings (SSSR count). The molecular formula is C23H22Cl2N2O2. The summed E-state index contributed by atoms with van der Waals surface area (Å²) in [5.74, 6) is 0.175. The summed E-state index contributed by atoms with van der Waals surface area (Å²) in [7, 11) is 0. The lowest BCUT2D eigenvalue weighted by molar-refractivity contribution is -0.118. The van der Waals surface area contributed by atoms with Crippen LogP contribution in [0.15, 0.2) is 60.7 Å². The van der Waals surface area contributed by atoms with Crippen LogP contribution in [0.1, 0.15) is 16.7 Å². The number of benzene rings is 3. The molecule has 0 fully saturated rings. The van der Waals surface area contributed by atoms with Crippen molar-refractivity contribution in [3.63, 3.8) is 0 Å². The van der Waals surface area contributed by atoms with Crippen molar-refractivity contribution < 1.29 is 9.53 Å². The van der Waals surface area contributed by atoms with Gasteiger partial charge in [-0.3, -0.25) is 4.79 Å². The number of anilines is 2. The zero-order chi connectivity index (χ0) is 20.8. The molecule has 0 saturated carbocycles. The van der Waals surface area contributed by atoms with E-state index in [1.807, 2.05) is 37.3 Å². The van der Waals surface area contributed by atoms with Crippen LogP contribution in [0.25, 0.3) is 0 Å². The number of carbonyl (C=O) groups excluding carboxylic acids is 1. The summed E-state index contributed by atoms with van der Waals surface area (Å²) in [5, 5.41) is 7.15. The quantitative estimate of drug-likeness (QED) is 0.468. The maximum Gasteiger partial charge on any atom is 0.262 e. The van der Waals surface area contributed by atoms with Crippen molar-refractivity contribution in [3.05, 3.63) is 87.4 Å². The van der Waals surface area contributed by atoms with Gasteiger partial charge in [0, 0.05) is 22.9 Å². The van der Waals surface area contributed by atoms with Crippen molar-refractivity contribution in [2.75, 3.05) is 17.2 Å². The molecule has 3 aromatic carbocycles. The van der Waals surface area contributed by atoms with Crippen LogP contribution in [-0.2, 0) is 11.3 Å². The van der Waals surface area contributed by atoms with Gasteiger partial charge in [-0.2, -0.15) is 0 Å². The summed E-state index contributed by atoms with van der Waals surface area (Å²) in [6.45, 7) is 4.45. The third kappa shape index (κ3) is 6.14. The minimum absolute atomic E-state index is 0.147. The van der Waals surface area contributed by atoms with E-state index in [1.54, 1.807) is 18.2 Å². The zero-order valence-corrected chi connectivity index (χ0v) is 17.8. The van der Waals surface area contributed by atoms with E-state index in [0.29, 0.717) is 28.0 Å². The van der Waals surface area contributed by atoms with Gasteiger partial charge in [-0.05, 0) is 61.4 Å². The van der Waals surface area contributed by atoms with Crippen LogP contribution in [0.2, 0.25) is 10.0 Å². The number of ether oxygens (including phenoxy) is 1. The second kappa shape index (κ2) is 9.68. The van der Waals surface area contributed by atoms with E-state index >= 15 is 0 Å². The molecule has 6 heteroatoms. The number of carbonyl (C=O) groups is 1. The van der Waals surface area contributed by atoms with Gasteiger partial charge in [0.1, 0.15) is 5.75 Å². The molecule has 150 valence electrons. The lowest BCUT2D eigenvalue weighted by Gasteiger charge is -2.11. The number of aryl methyl sites for hydroxylation is 2. The Labute approximate surface area is 180 Å². The molecule has 0 unspecified atom stereocenters. The van der Waals surface area contributed by atoms with Crippen LogP contribution < -0.4 is 15.4 Å². The molecule has 3 aromatic rings. The van der Waals surface area contributed by atoms with E-state index in [2.05, 4.69) is 29.7 Å². The first-order chi connectivity index (χ1) is 13.9. The van der Waals surface area contributed by atoms with E-state index in [1.165, 1.54) is 5.56 Å². The van der Waals surface area contributed by atoms with E-state index in [0.717, 1.165) is 16.8 Å². The first-order valence-corrected chi connectivity index (χ1v) is 9.94. The summed E-state index contributed by atoms with van der Waals surface area (Å²) in [4.78, 5) is 12.1. The molecule has 0 saturated heterocycles. The van der Waals surface area contributed by atoms with Gasteiger partial charge in [0.15, 0.2) is 6.61 Å². The van der Waals surface area contributed by atoms with E-state index in [9.17, 15) is 4.79 Å². The Kier molecular flexibility index (Phi) is 7.02. The maximum atomic E-state index is 12.1. The van der Waals surface area contributed by atoms with Crippen molar-refractivity contribution in [1.29, 1.82) is 0 Å². The van der Waals surface area contributed by atoms with Gasteiger partial charge in [0.05, 0.1) is 5.02 Å². The summed E-state index contributed by atoms with van der Waals surface area (Å²) >= 11 is 12.4. The topological polar surface area (TPSA) is 50.4 Å². The molecule has 29 heavy (non-hydrogen) atoms. The molecule has 0 spiro atoms. The number of nitrogens with one attached hydrogen (secondary N) is 2. The number of hydrogen-bond acceptors (Lipinski definition) is 3. The molecule has 2 N–H and O–H groups in total. The molecular weight excluding hydrogens is 407 g/mol. The second-order valence-electron chi connectivity index (χ2n) is 6.79. The molecule has 0 aliphatic rings. The van der Waals surface area contributed by atoms with Crippen molar-refractivity contribution in [3.8, 4) is 5.75 Å². The predicted octanol–water partition coefficient (Wildman–Crippen LogP) is 6.24. The largest absolute Gasteiger partial charge is 0.482 e. The van der Waals surface area contributed by atoms with Crippen molar-refractivity contribution in [2.24, 2.45) is 0 Å². The molecule has 0 atom stereocenters. The van der Waals surface area contributed by atoms with Gasteiger partial charge in [-0.1, -0.05) is 53.0 Å². The van der Waals surface area contributed by atoms with Crippen molar-refractivity contribution >= 4 is 40.5 Å². The van der Waals surface area contributed by atoms with Gasteiger partial charge in [0.2, 0.25) is 0 Å². The lowest BCUT2D eigenvalue weighted by atomic mass is 10.2. The summed E-state index contributed by atoms with van der Waals surface area (Å²) < 4.78 is 5.56. The number of rotatable bonds is 7. The van der Waals surface area contributed by atoms with Gasteiger partial charge in [-0.15, -0.1) is 0 Å². The molecule has 0 heterocycles. The molecule has 0 aliphatic carbocycles. The smallest absolute Gasteiger partial charge is 0.262 e. The molecule has 0 radical (unpaired) electrons. The fourth-order valence-corrected chi connectivity index (χ4v) is 3.10. The highest BCUT2D eigenvalue weighted by Crippen LogP contribution is 2.26. The Morgan fingerprint density at radius 2 is 1.62 bits per heavy atom. The van der Waals surface area contributed by atoms with Crippen LogP contribution in [0.4, 0.5) is 11.4 Å². The molecule has 0 bridgehead atoms. The zero-order valence-electron chi connectivity index (χ0n) is 16.3. The molecule has 1 amide bonds. The summed E-state index contributed by atoms with van der Waals surface area (Å²) in [6, 6.07) is 19.0. The Morgan fingerprint density at radius 1 is 0.897 bits per heavy atom.